The van der Waals surface area contributed by atoms with E-state index in [1.165, 1.54) is 12.1 Å². The molecule has 0 spiro atoms. The van der Waals surface area contributed by atoms with Crippen molar-refractivity contribution in [1.29, 1.82) is 0 Å². The minimum atomic E-state index is -3.79. The Hall–Kier alpha value is -1.48. The van der Waals surface area contributed by atoms with E-state index in [2.05, 4.69) is 30.8 Å². The smallest absolute Gasteiger partial charge is 0.242 e. The van der Waals surface area contributed by atoms with Gasteiger partial charge in [-0.3, -0.25) is 4.40 Å². The molecule has 0 radical (unpaired) electrons. The highest BCUT2D eigenvalue weighted by molar-refractivity contribution is 9.10. The minimum Gasteiger partial charge on any atom is -0.285 e. The Morgan fingerprint density at radius 3 is 2.78 bits per heavy atom. The maximum atomic E-state index is 12.5. The first-order chi connectivity index (χ1) is 10.9. The molecule has 1 N–H and O–H groups in total. The van der Waals surface area contributed by atoms with E-state index in [-0.39, 0.29) is 9.92 Å². The summed E-state index contributed by atoms with van der Waals surface area (Å²) in [6.45, 7) is 1.70. The molecule has 0 saturated heterocycles. The van der Waals surface area contributed by atoms with Crippen LogP contribution in [0.5, 0.6) is 0 Å². The molecule has 0 amide bonds. The van der Waals surface area contributed by atoms with Crippen molar-refractivity contribution in [3.63, 3.8) is 0 Å². The minimum absolute atomic E-state index is 0.0167. The topological polar surface area (TPSA) is 76.4 Å². The summed E-state index contributed by atoms with van der Waals surface area (Å²) >= 11 is 9.29. The molecule has 6 nitrogen and oxygen atoms in total. The molecule has 1 atom stereocenters. The van der Waals surface area contributed by atoms with E-state index < -0.39 is 16.1 Å². The number of hydrogen-bond donors (Lipinski definition) is 1. The molecule has 1 unspecified atom stereocenters. The van der Waals surface area contributed by atoms with Gasteiger partial charge >= 0.3 is 0 Å². The number of hydrogen-bond acceptors (Lipinski definition) is 4. The van der Waals surface area contributed by atoms with Gasteiger partial charge in [0.2, 0.25) is 10.0 Å². The van der Waals surface area contributed by atoms with Crippen molar-refractivity contribution >= 4 is 43.2 Å². The highest BCUT2D eigenvalue weighted by Gasteiger charge is 2.23. The molecule has 0 fully saturated rings. The summed E-state index contributed by atoms with van der Waals surface area (Å²) in [6.07, 6.45) is 1.78. The molecule has 1 aromatic carbocycles. The Kier molecular flexibility index (Phi) is 4.41. The van der Waals surface area contributed by atoms with Gasteiger partial charge in [0.15, 0.2) is 11.5 Å². The lowest BCUT2D eigenvalue weighted by molar-refractivity contribution is 0.558. The van der Waals surface area contributed by atoms with Gasteiger partial charge in [-0.2, -0.15) is 0 Å². The SMILES string of the molecule is CC(NS(=O)(=O)c1ccc(Br)cc1Cl)c1nnc2ccccn12. The van der Waals surface area contributed by atoms with Gasteiger partial charge < -0.3 is 0 Å². The molecule has 120 valence electrons. The lowest BCUT2D eigenvalue weighted by Gasteiger charge is -2.14. The monoisotopic (exact) mass is 414 g/mol. The fourth-order valence-corrected chi connectivity index (χ4v) is 4.44. The van der Waals surface area contributed by atoms with Crippen LogP contribution in [0.3, 0.4) is 0 Å². The number of pyridine rings is 1. The van der Waals surface area contributed by atoms with Crippen LogP contribution in [0.4, 0.5) is 0 Å². The maximum absolute atomic E-state index is 12.5. The van der Waals surface area contributed by atoms with Crippen LogP contribution in [0.1, 0.15) is 18.8 Å². The Balaban J connectivity index is 1.94. The third kappa shape index (κ3) is 3.25. The third-order valence-corrected chi connectivity index (χ3v) is 5.76. The van der Waals surface area contributed by atoms with E-state index >= 15 is 0 Å². The average molecular weight is 416 g/mol. The van der Waals surface area contributed by atoms with E-state index in [9.17, 15) is 8.42 Å². The Morgan fingerprint density at radius 2 is 2.04 bits per heavy atom. The predicted octanol–water partition coefficient (Wildman–Crippen LogP) is 3.18. The Morgan fingerprint density at radius 1 is 1.26 bits per heavy atom. The van der Waals surface area contributed by atoms with Crippen molar-refractivity contribution in [3.8, 4) is 0 Å². The molecule has 2 aromatic heterocycles. The molecule has 0 saturated carbocycles. The highest BCUT2D eigenvalue weighted by atomic mass is 79.9. The van der Waals surface area contributed by atoms with Crippen LogP contribution >= 0.6 is 27.5 Å². The van der Waals surface area contributed by atoms with Crippen molar-refractivity contribution in [1.82, 2.24) is 19.3 Å². The van der Waals surface area contributed by atoms with Gasteiger partial charge in [0.1, 0.15) is 4.90 Å². The van der Waals surface area contributed by atoms with Crippen molar-refractivity contribution in [3.05, 3.63) is 57.9 Å². The second-order valence-corrected chi connectivity index (χ2v) is 7.91. The van der Waals surface area contributed by atoms with Crippen LogP contribution in [0.15, 0.2) is 52.0 Å². The van der Waals surface area contributed by atoms with E-state index in [0.717, 1.165) is 0 Å². The van der Waals surface area contributed by atoms with Crippen LogP contribution in [0.2, 0.25) is 5.02 Å². The quantitative estimate of drug-likeness (QED) is 0.710. The summed E-state index contributed by atoms with van der Waals surface area (Å²) < 4.78 is 30.1. The second-order valence-electron chi connectivity index (χ2n) is 4.90. The summed E-state index contributed by atoms with van der Waals surface area (Å²) in [4.78, 5) is 0.0167. The number of rotatable bonds is 4. The zero-order valence-corrected chi connectivity index (χ0v) is 15.1. The van der Waals surface area contributed by atoms with Crippen LogP contribution in [0.25, 0.3) is 5.65 Å². The van der Waals surface area contributed by atoms with Crippen LogP contribution < -0.4 is 4.72 Å². The van der Waals surface area contributed by atoms with Crippen LogP contribution in [-0.4, -0.2) is 23.0 Å². The third-order valence-electron chi connectivity index (χ3n) is 3.24. The molecule has 0 aliphatic rings. The van der Waals surface area contributed by atoms with E-state index in [0.29, 0.717) is 15.9 Å². The molecule has 23 heavy (non-hydrogen) atoms. The number of halogens is 2. The molecule has 0 bridgehead atoms. The molecule has 0 aliphatic carbocycles. The molecular weight excluding hydrogens is 404 g/mol. The van der Waals surface area contributed by atoms with Gasteiger partial charge in [0, 0.05) is 10.7 Å². The standard InChI is InChI=1S/C14H12BrClN4O2S/c1-9(14-18-17-13-4-2-3-7-20(13)14)19-23(21,22)12-6-5-10(15)8-11(12)16/h2-9,19H,1H3. The molecule has 3 aromatic rings. The largest absolute Gasteiger partial charge is 0.285 e. The van der Waals surface area contributed by atoms with Gasteiger partial charge in [-0.1, -0.05) is 33.6 Å². The average Bonchev–Trinajstić information content (AvgIpc) is 2.90. The lowest BCUT2D eigenvalue weighted by Crippen LogP contribution is -2.28. The van der Waals surface area contributed by atoms with Crippen molar-refractivity contribution in [2.24, 2.45) is 0 Å². The van der Waals surface area contributed by atoms with Crippen molar-refractivity contribution in [2.45, 2.75) is 17.9 Å². The lowest BCUT2D eigenvalue weighted by atomic mass is 10.3. The number of nitrogens with one attached hydrogen (secondary N) is 1. The molecule has 9 heteroatoms. The van der Waals surface area contributed by atoms with Crippen molar-refractivity contribution < 1.29 is 8.42 Å². The normalized spacial score (nSPS) is 13.3. The van der Waals surface area contributed by atoms with E-state index in [4.69, 9.17) is 11.6 Å². The summed E-state index contributed by atoms with van der Waals surface area (Å²) in [6, 6.07) is 9.49. The maximum Gasteiger partial charge on any atom is 0.242 e. The van der Waals surface area contributed by atoms with Gasteiger partial charge in [-0.05, 0) is 37.3 Å². The summed E-state index contributed by atoms with van der Waals surface area (Å²) in [5, 5.41) is 8.22. The zero-order chi connectivity index (χ0) is 16.6. The summed E-state index contributed by atoms with van der Waals surface area (Å²) in [5.74, 6) is 0.498. The molecular formula is C14H12BrClN4O2S. The highest BCUT2D eigenvalue weighted by Crippen LogP contribution is 2.26. The Bertz CT molecular complexity index is 974. The Labute approximate surface area is 146 Å². The van der Waals surface area contributed by atoms with Crippen molar-refractivity contribution in [2.75, 3.05) is 0 Å². The predicted molar refractivity (Wildman–Crippen MR) is 90.9 cm³/mol. The number of nitrogens with zero attached hydrogens (tertiary/aromatic N) is 3. The fourth-order valence-electron chi connectivity index (χ4n) is 2.20. The van der Waals surface area contributed by atoms with Gasteiger partial charge in [-0.15, -0.1) is 10.2 Å². The molecule has 0 aliphatic heterocycles. The first-order valence-electron chi connectivity index (χ1n) is 6.65. The number of aromatic nitrogens is 3. The first kappa shape index (κ1) is 16.4. The number of fused-ring (bicyclic) bond motifs is 1. The van der Waals surface area contributed by atoms with Gasteiger partial charge in [-0.25, -0.2) is 13.1 Å². The summed E-state index contributed by atoms with van der Waals surface area (Å²) in [7, 11) is -3.79. The number of sulfonamides is 1. The van der Waals surface area contributed by atoms with Gasteiger partial charge in [0.05, 0.1) is 11.1 Å². The van der Waals surface area contributed by atoms with Crippen LogP contribution in [0, 0.1) is 0 Å². The fraction of sp³-hybridized carbons (Fsp3) is 0.143. The van der Waals surface area contributed by atoms with Gasteiger partial charge in [0.25, 0.3) is 0 Å². The first-order valence-corrected chi connectivity index (χ1v) is 9.31. The second kappa shape index (κ2) is 6.20. The number of benzene rings is 1. The molecule has 2 heterocycles. The zero-order valence-electron chi connectivity index (χ0n) is 11.9. The molecule has 3 rings (SSSR count). The van der Waals surface area contributed by atoms with E-state index in [1.54, 1.807) is 29.7 Å². The van der Waals surface area contributed by atoms with Crippen LogP contribution in [-0.2, 0) is 10.0 Å². The van der Waals surface area contributed by atoms with E-state index in [1.807, 2.05) is 12.1 Å². The summed E-state index contributed by atoms with van der Waals surface area (Å²) in [5.41, 5.74) is 0.648.